The summed E-state index contributed by atoms with van der Waals surface area (Å²) in [6, 6.07) is 8.40. The van der Waals surface area contributed by atoms with Crippen LogP contribution in [0.25, 0.3) is 0 Å². The maximum Gasteiger partial charge on any atom is 0.126 e. The standard InChI is InChI=1S/C15H14ClF2N/c1-9-2-4-12(13(16)6-9)15(19)8-10-7-11(17)3-5-14(10)18/h2-7,15H,8,19H2,1H3. The molecule has 100 valence electrons. The summed E-state index contributed by atoms with van der Waals surface area (Å²) in [5.41, 5.74) is 8.04. The minimum absolute atomic E-state index is 0.201. The molecule has 0 heterocycles. The van der Waals surface area contributed by atoms with Gasteiger partial charge in [-0.25, -0.2) is 8.78 Å². The fourth-order valence-electron chi connectivity index (χ4n) is 1.98. The van der Waals surface area contributed by atoms with E-state index >= 15 is 0 Å². The average Bonchev–Trinajstić information content (AvgIpc) is 2.33. The molecule has 19 heavy (non-hydrogen) atoms. The van der Waals surface area contributed by atoms with Crippen molar-refractivity contribution >= 4 is 11.6 Å². The van der Waals surface area contributed by atoms with E-state index in [4.69, 9.17) is 17.3 Å². The molecule has 1 atom stereocenters. The number of aryl methyl sites for hydroxylation is 1. The molecule has 1 nitrogen and oxygen atoms in total. The molecule has 0 radical (unpaired) electrons. The lowest BCUT2D eigenvalue weighted by Gasteiger charge is -2.15. The molecule has 2 N–H and O–H groups in total. The Morgan fingerprint density at radius 3 is 2.58 bits per heavy atom. The zero-order valence-electron chi connectivity index (χ0n) is 10.5. The first kappa shape index (κ1) is 14.0. The Morgan fingerprint density at radius 1 is 1.16 bits per heavy atom. The van der Waals surface area contributed by atoms with Crippen LogP contribution in [-0.2, 0) is 6.42 Å². The van der Waals surface area contributed by atoms with Crippen molar-refractivity contribution < 1.29 is 8.78 Å². The predicted molar refractivity (Wildman–Crippen MR) is 73.2 cm³/mol. The zero-order chi connectivity index (χ0) is 14.0. The van der Waals surface area contributed by atoms with Gasteiger partial charge in [0.1, 0.15) is 11.6 Å². The summed E-state index contributed by atoms with van der Waals surface area (Å²) in [5, 5.41) is 0.546. The summed E-state index contributed by atoms with van der Waals surface area (Å²) < 4.78 is 26.7. The maximum atomic E-state index is 13.6. The molecule has 2 aromatic rings. The van der Waals surface area contributed by atoms with Crippen LogP contribution in [0.5, 0.6) is 0 Å². The Bertz CT molecular complexity index is 599. The maximum absolute atomic E-state index is 13.6. The highest BCUT2D eigenvalue weighted by molar-refractivity contribution is 6.31. The van der Waals surface area contributed by atoms with Gasteiger partial charge in [-0.1, -0.05) is 23.7 Å². The topological polar surface area (TPSA) is 26.0 Å². The molecule has 0 spiro atoms. The van der Waals surface area contributed by atoms with E-state index in [0.717, 1.165) is 29.3 Å². The lowest BCUT2D eigenvalue weighted by atomic mass is 9.98. The van der Waals surface area contributed by atoms with E-state index in [0.29, 0.717) is 5.02 Å². The van der Waals surface area contributed by atoms with Gasteiger partial charge in [-0.2, -0.15) is 0 Å². The lowest BCUT2D eigenvalue weighted by Crippen LogP contribution is -2.15. The van der Waals surface area contributed by atoms with Crippen molar-refractivity contribution in [3.05, 3.63) is 69.7 Å². The molecule has 1 unspecified atom stereocenters. The molecule has 0 aliphatic rings. The highest BCUT2D eigenvalue weighted by Crippen LogP contribution is 2.26. The quantitative estimate of drug-likeness (QED) is 0.898. The Kier molecular flexibility index (Phi) is 4.17. The van der Waals surface area contributed by atoms with Crippen molar-refractivity contribution in [1.82, 2.24) is 0 Å². The minimum Gasteiger partial charge on any atom is -0.324 e. The van der Waals surface area contributed by atoms with E-state index in [1.165, 1.54) is 0 Å². The van der Waals surface area contributed by atoms with Crippen LogP contribution in [-0.4, -0.2) is 0 Å². The summed E-state index contributed by atoms with van der Waals surface area (Å²) in [5.74, 6) is -0.932. The van der Waals surface area contributed by atoms with E-state index in [2.05, 4.69) is 0 Å². The van der Waals surface area contributed by atoms with Crippen LogP contribution in [0, 0.1) is 18.6 Å². The van der Waals surface area contributed by atoms with Gasteiger partial charge in [-0.15, -0.1) is 0 Å². The third kappa shape index (κ3) is 3.31. The van der Waals surface area contributed by atoms with Crippen LogP contribution in [0.1, 0.15) is 22.7 Å². The summed E-state index contributed by atoms with van der Waals surface area (Å²) in [7, 11) is 0. The SMILES string of the molecule is Cc1ccc(C(N)Cc2cc(F)ccc2F)c(Cl)c1. The van der Waals surface area contributed by atoms with Crippen LogP contribution in [0.4, 0.5) is 8.78 Å². The molecular weight excluding hydrogens is 268 g/mol. The second-order valence-corrected chi connectivity index (χ2v) is 4.98. The molecule has 2 rings (SSSR count). The van der Waals surface area contributed by atoms with Gasteiger partial charge < -0.3 is 5.73 Å². The van der Waals surface area contributed by atoms with Gasteiger partial charge >= 0.3 is 0 Å². The molecule has 0 aliphatic carbocycles. The van der Waals surface area contributed by atoms with Crippen molar-refractivity contribution in [2.45, 2.75) is 19.4 Å². The smallest absolute Gasteiger partial charge is 0.126 e. The van der Waals surface area contributed by atoms with Crippen molar-refractivity contribution in [2.24, 2.45) is 5.73 Å². The highest BCUT2D eigenvalue weighted by atomic mass is 35.5. The van der Waals surface area contributed by atoms with Crippen LogP contribution >= 0.6 is 11.6 Å². The van der Waals surface area contributed by atoms with Gasteiger partial charge in [0.15, 0.2) is 0 Å². The van der Waals surface area contributed by atoms with Crippen LogP contribution in [0.15, 0.2) is 36.4 Å². The Morgan fingerprint density at radius 2 is 1.89 bits per heavy atom. The first-order valence-corrected chi connectivity index (χ1v) is 6.30. The Labute approximate surface area is 116 Å². The van der Waals surface area contributed by atoms with E-state index in [1.54, 1.807) is 6.07 Å². The molecule has 2 aromatic carbocycles. The Hall–Kier alpha value is -1.45. The first-order valence-electron chi connectivity index (χ1n) is 5.93. The van der Waals surface area contributed by atoms with Crippen molar-refractivity contribution in [2.75, 3.05) is 0 Å². The molecule has 0 bridgehead atoms. The van der Waals surface area contributed by atoms with Gasteiger partial charge in [-0.05, 0) is 54.3 Å². The molecule has 4 heteroatoms. The van der Waals surface area contributed by atoms with Gasteiger partial charge in [0.05, 0.1) is 0 Å². The van der Waals surface area contributed by atoms with Crippen LogP contribution in [0.2, 0.25) is 5.02 Å². The molecule has 0 saturated carbocycles. The number of rotatable bonds is 3. The van der Waals surface area contributed by atoms with Crippen molar-refractivity contribution in [3.63, 3.8) is 0 Å². The third-order valence-corrected chi connectivity index (χ3v) is 3.33. The van der Waals surface area contributed by atoms with Crippen LogP contribution in [0.3, 0.4) is 0 Å². The number of hydrogen-bond acceptors (Lipinski definition) is 1. The van der Waals surface area contributed by atoms with Gasteiger partial charge in [0.25, 0.3) is 0 Å². The number of benzene rings is 2. The summed E-state index contributed by atoms with van der Waals surface area (Å²) in [4.78, 5) is 0. The fraction of sp³-hybridized carbons (Fsp3) is 0.200. The minimum atomic E-state index is -0.474. The van der Waals surface area contributed by atoms with Gasteiger partial charge in [0, 0.05) is 11.1 Å². The molecule has 0 aromatic heterocycles. The fourth-order valence-corrected chi connectivity index (χ4v) is 2.35. The zero-order valence-corrected chi connectivity index (χ0v) is 11.2. The second-order valence-electron chi connectivity index (χ2n) is 4.57. The molecular formula is C15H14ClF2N. The summed E-state index contributed by atoms with van der Waals surface area (Å²) in [6.45, 7) is 1.92. The molecule has 0 saturated heterocycles. The monoisotopic (exact) mass is 281 g/mol. The Balaban J connectivity index is 2.25. The lowest BCUT2D eigenvalue weighted by molar-refractivity contribution is 0.572. The van der Waals surface area contributed by atoms with Crippen molar-refractivity contribution in [3.8, 4) is 0 Å². The molecule has 0 aliphatic heterocycles. The van der Waals surface area contributed by atoms with Gasteiger partial charge in [0.2, 0.25) is 0 Å². The normalized spacial score (nSPS) is 12.5. The second kappa shape index (κ2) is 5.68. The van der Waals surface area contributed by atoms with Crippen molar-refractivity contribution in [1.29, 1.82) is 0 Å². The van der Waals surface area contributed by atoms with E-state index < -0.39 is 17.7 Å². The molecule has 0 amide bonds. The highest BCUT2D eigenvalue weighted by Gasteiger charge is 2.14. The summed E-state index contributed by atoms with van der Waals surface area (Å²) >= 11 is 6.11. The van der Waals surface area contributed by atoms with E-state index in [9.17, 15) is 8.78 Å². The largest absolute Gasteiger partial charge is 0.324 e. The third-order valence-electron chi connectivity index (χ3n) is 3.00. The average molecular weight is 282 g/mol. The predicted octanol–water partition coefficient (Wildman–Crippen LogP) is 4.17. The van der Waals surface area contributed by atoms with Gasteiger partial charge in [-0.3, -0.25) is 0 Å². The van der Waals surface area contributed by atoms with E-state index in [-0.39, 0.29) is 12.0 Å². The van der Waals surface area contributed by atoms with E-state index in [1.807, 2.05) is 19.1 Å². The van der Waals surface area contributed by atoms with Crippen LogP contribution < -0.4 is 5.73 Å². The number of nitrogens with two attached hydrogens (primary N) is 1. The first-order chi connectivity index (χ1) is 8.97. The summed E-state index contributed by atoms with van der Waals surface area (Å²) in [6.07, 6.45) is 0.201. The number of halogens is 3. The number of hydrogen-bond donors (Lipinski definition) is 1. The molecule has 0 fully saturated rings.